The summed E-state index contributed by atoms with van der Waals surface area (Å²) in [5.41, 5.74) is 2.04. The number of aromatic nitrogens is 4. The first kappa shape index (κ1) is 21.9. The highest BCUT2D eigenvalue weighted by Gasteiger charge is 2.25. The van der Waals surface area contributed by atoms with Gasteiger partial charge in [-0.3, -0.25) is 4.79 Å². The largest absolute Gasteiger partial charge is 0.322 e. The Morgan fingerprint density at radius 1 is 1.20 bits per heavy atom. The van der Waals surface area contributed by atoms with Crippen molar-refractivity contribution in [2.24, 2.45) is 0 Å². The molecule has 0 saturated carbocycles. The van der Waals surface area contributed by atoms with Gasteiger partial charge in [0.1, 0.15) is 6.33 Å². The monoisotopic (exact) mass is 448 g/mol. The Morgan fingerprint density at radius 2 is 1.93 bits per heavy atom. The molecule has 1 amide bonds. The van der Waals surface area contributed by atoms with Crippen molar-refractivity contribution in [3.63, 3.8) is 0 Å². The lowest BCUT2D eigenvalue weighted by Gasteiger charge is -2.21. The minimum Gasteiger partial charge on any atom is -0.322 e. The molecule has 0 bridgehead atoms. The highest BCUT2D eigenvalue weighted by molar-refractivity contribution is 7.89. The predicted octanol–water partition coefficient (Wildman–Crippen LogP) is 2.91. The van der Waals surface area contributed by atoms with E-state index in [1.807, 2.05) is 19.1 Å². The lowest BCUT2D eigenvalue weighted by Crippen LogP contribution is -2.33. The summed E-state index contributed by atoms with van der Waals surface area (Å²) in [6.45, 7) is 5.36. The number of sulfonamides is 1. The van der Waals surface area contributed by atoms with E-state index in [-0.39, 0.29) is 21.5 Å². The number of nitrogens with zero attached hydrogens (tertiary/aromatic N) is 5. The van der Waals surface area contributed by atoms with Crippen LogP contribution in [0.25, 0.3) is 5.69 Å². The minimum atomic E-state index is -3.76. The summed E-state index contributed by atoms with van der Waals surface area (Å²) in [6, 6.07) is 9.17. The number of aryl methyl sites for hydroxylation is 1. The van der Waals surface area contributed by atoms with Gasteiger partial charge >= 0.3 is 0 Å². The van der Waals surface area contributed by atoms with Crippen molar-refractivity contribution in [3.05, 3.63) is 58.9 Å². The van der Waals surface area contributed by atoms with E-state index in [4.69, 9.17) is 11.6 Å². The molecule has 1 heterocycles. The van der Waals surface area contributed by atoms with Crippen LogP contribution in [0.1, 0.15) is 29.8 Å². The van der Waals surface area contributed by atoms with Gasteiger partial charge in [-0.15, -0.1) is 5.10 Å². The van der Waals surface area contributed by atoms with Crippen molar-refractivity contribution in [1.82, 2.24) is 24.5 Å². The Kier molecular flexibility index (Phi) is 6.20. The molecule has 3 aromatic rings. The van der Waals surface area contributed by atoms with Gasteiger partial charge < -0.3 is 5.32 Å². The van der Waals surface area contributed by atoms with Crippen molar-refractivity contribution in [1.29, 1.82) is 0 Å². The molecule has 158 valence electrons. The number of benzene rings is 2. The number of carbonyl (C=O) groups is 1. The molecule has 1 aromatic heterocycles. The average Bonchev–Trinajstić information content (AvgIpc) is 3.23. The van der Waals surface area contributed by atoms with E-state index in [2.05, 4.69) is 20.8 Å². The number of nitrogens with one attached hydrogen (secondary N) is 1. The third-order valence-corrected chi connectivity index (χ3v) is 7.03. The van der Waals surface area contributed by atoms with E-state index in [9.17, 15) is 13.2 Å². The number of halogens is 1. The number of hydrogen-bond donors (Lipinski definition) is 1. The number of rotatable bonds is 6. The molecular weight excluding hydrogens is 428 g/mol. The number of anilines is 1. The van der Waals surface area contributed by atoms with E-state index in [1.165, 1.54) is 40.6 Å². The standard InChI is InChI=1S/C19H21ClN6O3S/c1-12(2)25(4)30(28,29)15-7-8-17(20)16(10-15)19(27)22-18-9-14(6-5-13(18)3)26-11-21-23-24-26/h5-12H,1-4H3,(H,22,27). The fraction of sp³-hybridized carbons (Fsp3) is 0.263. The molecule has 0 aliphatic rings. The second-order valence-electron chi connectivity index (χ2n) is 6.96. The van der Waals surface area contributed by atoms with E-state index >= 15 is 0 Å². The maximum Gasteiger partial charge on any atom is 0.257 e. The maximum atomic E-state index is 12.9. The smallest absolute Gasteiger partial charge is 0.257 e. The Balaban J connectivity index is 1.94. The lowest BCUT2D eigenvalue weighted by atomic mass is 10.1. The highest BCUT2D eigenvalue weighted by Crippen LogP contribution is 2.26. The van der Waals surface area contributed by atoms with Crippen LogP contribution in [0.4, 0.5) is 5.69 Å². The molecule has 0 saturated heterocycles. The molecule has 0 unspecified atom stereocenters. The summed E-state index contributed by atoms with van der Waals surface area (Å²) in [4.78, 5) is 12.9. The molecule has 0 aliphatic carbocycles. The molecule has 11 heteroatoms. The molecule has 0 atom stereocenters. The second kappa shape index (κ2) is 8.50. The van der Waals surface area contributed by atoms with Gasteiger partial charge in [-0.25, -0.2) is 13.1 Å². The Labute approximate surface area is 179 Å². The highest BCUT2D eigenvalue weighted by atomic mass is 35.5. The van der Waals surface area contributed by atoms with Crippen molar-refractivity contribution in [3.8, 4) is 5.69 Å². The number of amides is 1. The van der Waals surface area contributed by atoms with Gasteiger partial charge in [0.2, 0.25) is 10.0 Å². The van der Waals surface area contributed by atoms with Gasteiger partial charge in [-0.2, -0.15) is 4.31 Å². The lowest BCUT2D eigenvalue weighted by molar-refractivity contribution is 0.102. The minimum absolute atomic E-state index is 0.00703. The van der Waals surface area contributed by atoms with Crippen molar-refractivity contribution < 1.29 is 13.2 Å². The zero-order valence-corrected chi connectivity index (χ0v) is 18.4. The summed E-state index contributed by atoms with van der Waals surface area (Å²) < 4.78 is 28.2. The average molecular weight is 449 g/mol. The zero-order valence-electron chi connectivity index (χ0n) is 16.9. The zero-order chi connectivity index (χ0) is 22.1. The fourth-order valence-corrected chi connectivity index (χ4v) is 4.24. The van der Waals surface area contributed by atoms with E-state index < -0.39 is 15.9 Å². The van der Waals surface area contributed by atoms with Crippen LogP contribution < -0.4 is 5.32 Å². The predicted molar refractivity (Wildman–Crippen MR) is 113 cm³/mol. The van der Waals surface area contributed by atoms with Gasteiger partial charge in [0.15, 0.2) is 0 Å². The molecule has 0 radical (unpaired) electrons. The van der Waals surface area contributed by atoms with Crippen LogP contribution in [-0.2, 0) is 10.0 Å². The van der Waals surface area contributed by atoms with Gasteiger partial charge in [-0.1, -0.05) is 17.7 Å². The van der Waals surface area contributed by atoms with Crippen molar-refractivity contribution >= 4 is 33.2 Å². The molecule has 0 fully saturated rings. The molecular formula is C19H21ClN6O3S. The quantitative estimate of drug-likeness (QED) is 0.620. The SMILES string of the molecule is Cc1ccc(-n2cnnn2)cc1NC(=O)c1cc(S(=O)(=O)N(C)C(C)C)ccc1Cl. The van der Waals surface area contributed by atoms with Crippen LogP contribution in [0, 0.1) is 6.92 Å². The first-order valence-electron chi connectivity index (χ1n) is 9.04. The van der Waals surface area contributed by atoms with Crippen LogP contribution in [0.2, 0.25) is 5.02 Å². The van der Waals surface area contributed by atoms with Crippen molar-refractivity contribution in [2.45, 2.75) is 31.7 Å². The molecule has 30 heavy (non-hydrogen) atoms. The fourth-order valence-electron chi connectivity index (χ4n) is 2.64. The topological polar surface area (TPSA) is 110 Å². The molecule has 0 spiro atoms. The number of carbonyl (C=O) groups excluding carboxylic acids is 1. The van der Waals surface area contributed by atoms with Gasteiger partial charge in [0.05, 0.1) is 21.2 Å². The summed E-state index contributed by atoms with van der Waals surface area (Å²) in [5, 5.41) is 14.0. The van der Waals surface area contributed by atoms with E-state index in [0.717, 1.165) is 5.56 Å². The first-order valence-corrected chi connectivity index (χ1v) is 10.9. The molecule has 0 aliphatic heterocycles. The summed E-state index contributed by atoms with van der Waals surface area (Å²) in [6.07, 6.45) is 1.44. The Bertz CT molecular complexity index is 1180. The Hall–Kier alpha value is -2.82. The summed E-state index contributed by atoms with van der Waals surface area (Å²) in [5.74, 6) is -0.527. The number of hydrogen-bond acceptors (Lipinski definition) is 6. The number of tetrazole rings is 1. The van der Waals surface area contributed by atoms with E-state index in [1.54, 1.807) is 19.9 Å². The van der Waals surface area contributed by atoms with Gasteiger partial charge in [0, 0.05) is 18.8 Å². The molecule has 9 nitrogen and oxygen atoms in total. The Morgan fingerprint density at radius 3 is 2.57 bits per heavy atom. The summed E-state index contributed by atoms with van der Waals surface area (Å²) >= 11 is 6.20. The van der Waals surface area contributed by atoms with Gasteiger partial charge in [0.25, 0.3) is 5.91 Å². The normalized spacial score (nSPS) is 11.8. The first-order chi connectivity index (χ1) is 14.1. The van der Waals surface area contributed by atoms with Gasteiger partial charge in [-0.05, 0) is 67.1 Å². The van der Waals surface area contributed by atoms with Crippen LogP contribution in [-0.4, -0.2) is 51.9 Å². The van der Waals surface area contributed by atoms with Crippen molar-refractivity contribution in [2.75, 3.05) is 12.4 Å². The molecule has 3 rings (SSSR count). The third kappa shape index (κ3) is 4.35. The van der Waals surface area contributed by atoms with Crippen LogP contribution in [0.3, 0.4) is 0 Å². The van der Waals surface area contributed by atoms with Crippen LogP contribution >= 0.6 is 11.6 Å². The van der Waals surface area contributed by atoms with E-state index in [0.29, 0.717) is 11.4 Å². The third-order valence-electron chi connectivity index (χ3n) is 4.67. The second-order valence-corrected chi connectivity index (χ2v) is 9.37. The maximum absolute atomic E-state index is 12.9. The molecule has 1 N–H and O–H groups in total. The van der Waals surface area contributed by atoms with Crippen LogP contribution in [0.15, 0.2) is 47.6 Å². The molecule has 2 aromatic carbocycles. The van der Waals surface area contributed by atoms with Crippen LogP contribution in [0.5, 0.6) is 0 Å². The summed E-state index contributed by atoms with van der Waals surface area (Å²) in [7, 11) is -2.27.